The third-order valence-corrected chi connectivity index (χ3v) is 4.20. The van der Waals surface area contributed by atoms with E-state index in [1.807, 2.05) is 24.3 Å². The summed E-state index contributed by atoms with van der Waals surface area (Å²) in [6, 6.07) is 11.9. The molecule has 0 radical (unpaired) electrons. The number of hydrogen-bond acceptors (Lipinski definition) is 4. The molecule has 0 saturated heterocycles. The molecule has 0 aliphatic carbocycles. The third-order valence-electron chi connectivity index (χ3n) is 4.20. The van der Waals surface area contributed by atoms with Gasteiger partial charge in [0, 0.05) is 25.0 Å². The van der Waals surface area contributed by atoms with Crippen molar-refractivity contribution in [1.82, 2.24) is 10.3 Å². The Morgan fingerprint density at radius 1 is 1.25 bits per heavy atom. The highest BCUT2D eigenvalue weighted by Crippen LogP contribution is 2.36. The summed E-state index contributed by atoms with van der Waals surface area (Å²) in [6.45, 7) is 2.18. The minimum atomic E-state index is -0.629. The van der Waals surface area contributed by atoms with Gasteiger partial charge in [-0.25, -0.2) is 0 Å². The number of benzene rings is 1. The predicted octanol–water partition coefficient (Wildman–Crippen LogP) is 3.65. The molecular formula is C20H22N2O2. The highest BCUT2D eigenvalue weighted by molar-refractivity contribution is 6.25. The lowest BCUT2D eigenvalue weighted by Gasteiger charge is -2.10. The second-order valence-corrected chi connectivity index (χ2v) is 5.91. The van der Waals surface area contributed by atoms with Gasteiger partial charge in [-0.15, -0.1) is 0 Å². The molecule has 4 nitrogen and oxygen atoms in total. The van der Waals surface area contributed by atoms with Gasteiger partial charge in [-0.1, -0.05) is 43.7 Å². The summed E-state index contributed by atoms with van der Waals surface area (Å²) in [6.07, 6.45) is 6.05. The number of nitrogens with zero attached hydrogens (tertiary/aromatic N) is 1. The standard InChI is InChI=1S/C20H22N2O2/c1-3-4-7-14-8-5-9-15(12-14)17-18(23)19(24-20(17)21-2)16-10-6-11-22-13-16/h5-6,8-13,19,21H,3-4,7H2,1-2H3. The Kier molecular flexibility index (Phi) is 4.94. The van der Waals surface area contributed by atoms with Gasteiger partial charge >= 0.3 is 0 Å². The highest BCUT2D eigenvalue weighted by Gasteiger charge is 2.36. The molecule has 1 unspecified atom stereocenters. The van der Waals surface area contributed by atoms with Crippen molar-refractivity contribution in [2.75, 3.05) is 7.05 Å². The van der Waals surface area contributed by atoms with E-state index >= 15 is 0 Å². The zero-order valence-corrected chi connectivity index (χ0v) is 14.1. The lowest BCUT2D eigenvalue weighted by Crippen LogP contribution is -2.10. The Bertz CT molecular complexity index is 753. The summed E-state index contributed by atoms with van der Waals surface area (Å²) in [5.74, 6) is 0.501. The van der Waals surface area contributed by atoms with Crippen molar-refractivity contribution < 1.29 is 9.53 Å². The van der Waals surface area contributed by atoms with Gasteiger partial charge in [-0.3, -0.25) is 9.78 Å². The molecule has 1 aromatic carbocycles. The molecule has 124 valence electrons. The average molecular weight is 322 g/mol. The van der Waals surface area contributed by atoms with Crippen LogP contribution >= 0.6 is 0 Å². The Morgan fingerprint density at radius 3 is 2.83 bits per heavy atom. The summed E-state index contributed by atoms with van der Waals surface area (Å²) in [5, 5.41) is 3.02. The second-order valence-electron chi connectivity index (χ2n) is 5.91. The minimum absolute atomic E-state index is 0.0278. The molecule has 0 spiro atoms. The number of carbonyl (C=O) groups excluding carboxylic acids is 1. The molecule has 2 aromatic rings. The van der Waals surface area contributed by atoms with Crippen molar-refractivity contribution in [3.05, 3.63) is 71.4 Å². The SMILES string of the molecule is CCCCc1cccc(C2=C(NC)OC(c3cccnc3)C2=O)c1. The van der Waals surface area contributed by atoms with Crippen molar-refractivity contribution in [2.24, 2.45) is 0 Å². The molecule has 4 heteroatoms. The van der Waals surface area contributed by atoms with Gasteiger partial charge < -0.3 is 10.1 Å². The fraction of sp³-hybridized carbons (Fsp3) is 0.300. The normalized spacial score (nSPS) is 17.1. The third kappa shape index (κ3) is 3.18. The number of unbranched alkanes of at least 4 members (excludes halogenated alkanes) is 1. The molecule has 3 rings (SSSR count). The number of ether oxygens (including phenoxy) is 1. The minimum Gasteiger partial charge on any atom is -0.462 e. The Balaban J connectivity index is 1.92. The van der Waals surface area contributed by atoms with Gasteiger partial charge in [0.15, 0.2) is 12.0 Å². The van der Waals surface area contributed by atoms with E-state index in [4.69, 9.17) is 4.74 Å². The van der Waals surface area contributed by atoms with E-state index in [2.05, 4.69) is 29.4 Å². The Morgan fingerprint density at radius 2 is 2.12 bits per heavy atom. The first kappa shape index (κ1) is 16.2. The van der Waals surface area contributed by atoms with Crippen molar-refractivity contribution >= 4 is 11.4 Å². The number of hydrogen-bond donors (Lipinski definition) is 1. The quantitative estimate of drug-likeness (QED) is 0.882. The van der Waals surface area contributed by atoms with E-state index in [1.54, 1.807) is 19.4 Å². The van der Waals surface area contributed by atoms with Gasteiger partial charge in [-0.05, 0) is 30.0 Å². The summed E-state index contributed by atoms with van der Waals surface area (Å²) in [5.41, 5.74) is 3.54. The van der Waals surface area contributed by atoms with Crippen LogP contribution in [0.3, 0.4) is 0 Å². The molecular weight excluding hydrogens is 300 g/mol. The number of aryl methyl sites for hydroxylation is 1. The number of carbonyl (C=O) groups is 1. The highest BCUT2D eigenvalue weighted by atomic mass is 16.5. The summed E-state index contributed by atoms with van der Waals surface area (Å²) in [4.78, 5) is 17.0. The number of pyridine rings is 1. The molecule has 2 heterocycles. The average Bonchev–Trinajstić information content (AvgIpc) is 2.97. The Labute approximate surface area is 142 Å². The molecule has 0 fully saturated rings. The topological polar surface area (TPSA) is 51.2 Å². The van der Waals surface area contributed by atoms with Crippen LogP contribution in [-0.4, -0.2) is 17.8 Å². The van der Waals surface area contributed by atoms with Crippen LogP contribution in [0.2, 0.25) is 0 Å². The zero-order valence-electron chi connectivity index (χ0n) is 14.1. The maximum atomic E-state index is 13.0. The first-order chi connectivity index (χ1) is 11.7. The lowest BCUT2D eigenvalue weighted by molar-refractivity contribution is -0.120. The van der Waals surface area contributed by atoms with Crippen LogP contribution in [0.5, 0.6) is 0 Å². The van der Waals surface area contributed by atoms with Gasteiger partial charge in [-0.2, -0.15) is 0 Å². The second kappa shape index (κ2) is 7.30. The van der Waals surface area contributed by atoms with E-state index < -0.39 is 6.10 Å². The van der Waals surface area contributed by atoms with Crippen molar-refractivity contribution in [2.45, 2.75) is 32.3 Å². The molecule has 1 N–H and O–H groups in total. The molecule has 1 atom stereocenters. The van der Waals surface area contributed by atoms with Crippen LogP contribution in [0.1, 0.15) is 42.6 Å². The predicted molar refractivity (Wildman–Crippen MR) is 94.1 cm³/mol. The molecule has 0 bridgehead atoms. The maximum absolute atomic E-state index is 13.0. The maximum Gasteiger partial charge on any atom is 0.214 e. The van der Waals surface area contributed by atoms with E-state index in [-0.39, 0.29) is 5.78 Å². The van der Waals surface area contributed by atoms with Crippen molar-refractivity contribution in [1.29, 1.82) is 0 Å². The zero-order chi connectivity index (χ0) is 16.9. The molecule has 1 aliphatic heterocycles. The van der Waals surface area contributed by atoms with Crippen LogP contribution in [0, 0.1) is 0 Å². The first-order valence-electron chi connectivity index (χ1n) is 8.36. The smallest absolute Gasteiger partial charge is 0.214 e. The number of Topliss-reactive ketones (excluding diaryl/α,β-unsaturated/α-hetero) is 1. The first-order valence-corrected chi connectivity index (χ1v) is 8.36. The summed E-state index contributed by atoms with van der Waals surface area (Å²) in [7, 11) is 1.77. The van der Waals surface area contributed by atoms with Crippen LogP contribution in [-0.2, 0) is 16.0 Å². The fourth-order valence-corrected chi connectivity index (χ4v) is 2.94. The van der Waals surface area contributed by atoms with Crippen LogP contribution in [0.15, 0.2) is 54.7 Å². The van der Waals surface area contributed by atoms with Crippen molar-refractivity contribution in [3.63, 3.8) is 0 Å². The molecule has 1 aromatic heterocycles. The largest absolute Gasteiger partial charge is 0.462 e. The number of aromatic nitrogens is 1. The molecule has 1 aliphatic rings. The van der Waals surface area contributed by atoms with E-state index in [1.165, 1.54) is 5.56 Å². The van der Waals surface area contributed by atoms with Crippen LogP contribution in [0.25, 0.3) is 5.57 Å². The van der Waals surface area contributed by atoms with Crippen LogP contribution in [0.4, 0.5) is 0 Å². The van der Waals surface area contributed by atoms with Gasteiger partial charge in [0.1, 0.15) is 0 Å². The van der Waals surface area contributed by atoms with Crippen molar-refractivity contribution in [3.8, 4) is 0 Å². The van der Waals surface area contributed by atoms with E-state index in [0.717, 1.165) is 30.4 Å². The summed E-state index contributed by atoms with van der Waals surface area (Å²) >= 11 is 0. The number of rotatable bonds is 6. The molecule has 0 amide bonds. The van der Waals surface area contributed by atoms with Crippen LogP contribution < -0.4 is 5.32 Å². The fourth-order valence-electron chi connectivity index (χ4n) is 2.94. The molecule has 24 heavy (non-hydrogen) atoms. The van der Waals surface area contributed by atoms with Gasteiger partial charge in [0.2, 0.25) is 5.78 Å². The number of ketones is 1. The molecule has 0 saturated carbocycles. The van der Waals surface area contributed by atoms with Gasteiger partial charge in [0.25, 0.3) is 0 Å². The van der Waals surface area contributed by atoms with E-state index in [9.17, 15) is 4.79 Å². The number of nitrogens with one attached hydrogen (secondary N) is 1. The monoisotopic (exact) mass is 322 g/mol. The Hall–Kier alpha value is -2.62. The van der Waals surface area contributed by atoms with Gasteiger partial charge in [0.05, 0.1) is 5.57 Å². The van der Waals surface area contributed by atoms with E-state index in [0.29, 0.717) is 11.5 Å². The lowest BCUT2D eigenvalue weighted by atomic mass is 9.95. The summed E-state index contributed by atoms with van der Waals surface area (Å²) < 4.78 is 5.88.